The number of amidine groups is 1. The molecule has 0 radical (unpaired) electrons. The van der Waals surface area contributed by atoms with Gasteiger partial charge in [-0.15, -0.1) is 0 Å². The lowest BCUT2D eigenvalue weighted by Gasteiger charge is -2.11. The molecule has 4 N–H and O–H groups in total. The van der Waals surface area contributed by atoms with Crippen LogP contribution in [0.2, 0.25) is 0 Å². The van der Waals surface area contributed by atoms with Gasteiger partial charge in [0.25, 0.3) is 0 Å². The maximum atomic E-state index is 13.8. The predicted molar refractivity (Wildman–Crippen MR) is 64.1 cm³/mol. The fourth-order valence-corrected chi connectivity index (χ4v) is 1.37. The van der Waals surface area contributed by atoms with Crippen LogP contribution in [-0.2, 0) is 11.3 Å². The molecule has 98 valence electrons. The number of carbonyl (C=O) groups excluding carboxylic acids is 1. The lowest BCUT2D eigenvalue weighted by molar-refractivity contribution is -0.124. The van der Waals surface area contributed by atoms with E-state index >= 15 is 0 Å². The van der Waals surface area contributed by atoms with Crippen molar-refractivity contribution in [3.8, 4) is 0 Å². The van der Waals surface area contributed by atoms with Crippen LogP contribution in [0.1, 0.15) is 25.0 Å². The van der Waals surface area contributed by atoms with Crippen LogP contribution < -0.4 is 11.1 Å². The fourth-order valence-electron chi connectivity index (χ4n) is 1.37. The molecule has 18 heavy (non-hydrogen) atoms. The minimum atomic E-state index is -0.911. The third-order valence-electron chi connectivity index (χ3n) is 2.42. The zero-order valence-electron chi connectivity index (χ0n) is 10.2. The summed E-state index contributed by atoms with van der Waals surface area (Å²) in [6.45, 7) is 3.35. The van der Waals surface area contributed by atoms with Gasteiger partial charge in [-0.05, 0) is 6.07 Å². The van der Waals surface area contributed by atoms with Crippen molar-refractivity contribution in [1.29, 1.82) is 5.41 Å². The van der Waals surface area contributed by atoms with Gasteiger partial charge in [-0.25, -0.2) is 8.78 Å². The molecule has 1 rings (SSSR count). The number of amides is 1. The number of carbonyl (C=O) groups is 1. The fraction of sp³-hybridized carbons (Fsp3) is 0.333. The summed E-state index contributed by atoms with van der Waals surface area (Å²) in [4.78, 5) is 11.3. The van der Waals surface area contributed by atoms with Crippen LogP contribution in [0, 0.1) is 23.0 Å². The number of nitrogens with two attached hydrogens (primary N) is 1. The van der Waals surface area contributed by atoms with Gasteiger partial charge in [0.15, 0.2) is 0 Å². The van der Waals surface area contributed by atoms with Gasteiger partial charge in [0.2, 0.25) is 5.91 Å². The molecule has 0 spiro atoms. The number of nitrogen functional groups attached to an aromatic ring is 1. The summed E-state index contributed by atoms with van der Waals surface area (Å²) in [5.41, 5.74) is 4.63. The molecule has 0 aliphatic carbocycles. The van der Waals surface area contributed by atoms with Crippen LogP contribution in [-0.4, -0.2) is 11.7 Å². The molecule has 1 aromatic rings. The second-order valence-electron chi connectivity index (χ2n) is 4.18. The molecular weight excluding hydrogens is 240 g/mol. The zero-order chi connectivity index (χ0) is 13.9. The summed E-state index contributed by atoms with van der Waals surface area (Å²) >= 11 is 0. The lowest BCUT2D eigenvalue weighted by atomic mass is 10.1. The molecule has 0 aromatic heterocycles. The first-order valence-electron chi connectivity index (χ1n) is 5.43. The van der Waals surface area contributed by atoms with Crippen LogP contribution in [0.3, 0.4) is 0 Å². The van der Waals surface area contributed by atoms with E-state index in [0.717, 1.165) is 6.07 Å². The molecule has 0 unspecified atom stereocenters. The Hall–Kier alpha value is -1.98. The van der Waals surface area contributed by atoms with Gasteiger partial charge in [-0.2, -0.15) is 0 Å². The summed E-state index contributed by atoms with van der Waals surface area (Å²) < 4.78 is 27.1. The Labute approximate surface area is 104 Å². The molecule has 0 saturated heterocycles. The van der Waals surface area contributed by atoms with E-state index in [0.29, 0.717) is 0 Å². The van der Waals surface area contributed by atoms with Crippen molar-refractivity contribution in [3.05, 3.63) is 34.9 Å². The first-order chi connectivity index (χ1) is 8.34. The highest BCUT2D eigenvalue weighted by molar-refractivity contribution is 5.95. The van der Waals surface area contributed by atoms with Crippen molar-refractivity contribution in [2.45, 2.75) is 20.4 Å². The van der Waals surface area contributed by atoms with E-state index in [1.165, 1.54) is 6.07 Å². The predicted octanol–water partition coefficient (Wildman–Crippen LogP) is 1.52. The quantitative estimate of drug-likeness (QED) is 0.563. The van der Waals surface area contributed by atoms with E-state index in [-0.39, 0.29) is 23.9 Å². The maximum absolute atomic E-state index is 13.8. The maximum Gasteiger partial charge on any atom is 0.222 e. The molecule has 0 fully saturated rings. The summed E-state index contributed by atoms with van der Waals surface area (Å²) in [7, 11) is 0. The third-order valence-corrected chi connectivity index (χ3v) is 2.42. The smallest absolute Gasteiger partial charge is 0.222 e. The van der Waals surface area contributed by atoms with Gasteiger partial charge in [0, 0.05) is 18.0 Å². The average molecular weight is 255 g/mol. The number of benzene rings is 1. The highest BCUT2D eigenvalue weighted by atomic mass is 19.1. The summed E-state index contributed by atoms with van der Waals surface area (Å²) in [6.07, 6.45) is 0. The van der Waals surface area contributed by atoms with Gasteiger partial charge in [0.05, 0.1) is 5.56 Å². The highest BCUT2D eigenvalue weighted by Crippen LogP contribution is 2.16. The lowest BCUT2D eigenvalue weighted by Crippen LogP contribution is -2.28. The summed E-state index contributed by atoms with van der Waals surface area (Å²) in [5, 5.41) is 9.62. The van der Waals surface area contributed by atoms with Crippen molar-refractivity contribution in [3.63, 3.8) is 0 Å². The minimum Gasteiger partial charge on any atom is -0.384 e. The minimum absolute atomic E-state index is 0.0661. The van der Waals surface area contributed by atoms with Crippen molar-refractivity contribution in [1.82, 2.24) is 5.32 Å². The standard InChI is InChI=1S/C12H15F2N3O/c1-6(2)12(18)17-5-7-3-4-8(13)9(10(7)14)11(15)16/h3-4,6H,5H2,1-2H3,(H3,15,16)(H,17,18). The number of hydrogen-bond acceptors (Lipinski definition) is 2. The monoisotopic (exact) mass is 255 g/mol. The van der Waals surface area contributed by atoms with Crippen molar-refractivity contribution in [2.75, 3.05) is 0 Å². The molecule has 0 bridgehead atoms. The van der Waals surface area contributed by atoms with Gasteiger partial charge in [-0.3, -0.25) is 10.2 Å². The molecule has 0 aliphatic heterocycles. The Morgan fingerprint density at radius 3 is 2.56 bits per heavy atom. The van der Waals surface area contributed by atoms with E-state index in [4.69, 9.17) is 11.1 Å². The second kappa shape index (κ2) is 5.57. The third kappa shape index (κ3) is 3.03. The molecule has 0 atom stereocenters. The van der Waals surface area contributed by atoms with Crippen LogP contribution in [0.25, 0.3) is 0 Å². The largest absolute Gasteiger partial charge is 0.384 e. The van der Waals surface area contributed by atoms with Gasteiger partial charge >= 0.3 is 0 Å². The van der Waals surface area contributed by atoms with Crippen molar-refractivity contribution < 1.29 is 13.6 Å². The number of halogens is 2. The SMILES string of the molecule is CC(C)C(=O)NCc1ccc(F)c(C(=N)N)c1F. The van der Waals surface area contributed by atoms with E-state index < -0.39 is 23.0 Å². The summed E-state index contributed by atoms with van der Waals surface area (Å²) in [6, 6.07) is 2.24. The van der Waals surface area contributed by atoms with E-state index in [2.05, 4.69) is 5.32 Å². The van der Waals surface area contributed by atoms with Crippen LogP contribution in [0.15, 0.2) is 12.1 Å². The van der Waals surface area contributed by atoms with Gasteiger partial charge < -0.3 is 11.1 Å². The molecule has 6 heteroatoms. The first-order valence-corrected chi connectivity index (χ1v) is 5.43. The molecule has 0 heterocycles. The zero-order valence-corrected chi connectivity index (χ0v) is 10.2. The Morgan fingerprint density at radius 1 is 1.44 bits per heavy atom. The molecule has 0 saturated carbocycles. The van der Waals surface area contributed by atoms with E-state index in [9.17, 15) is 13.6 Å². The topological polar surface area (TPSA) is 79.0 Å². The molecular formula is C12H15F2N3O. The Morgan fingerprint density at radius 2 is 2.06 bits per heavy atom. The normalized spacial score (nSPS) is 10.5. The Kier molecular flexibility index (Phi) is 4.36. The highest BCUT2D eigenvalue weighted by Gasteiger charge is 2.16. The second-order valence-corrected chi connectivity index (χ2v) is 4.18. The van der Waals surface area contributed by atoms with Crippen LogP contribution >= 0.6 is 0 Å². The van der Waals surface area contributed by atoms with E-state index in [1.54, 1.807) is 13.8 Å². The van der Waals surface area contributed by atoms with Crippen molar-refractivity contribution >= 4 is 11.7 Å². The number of nitrogens with one attached hydrogen (secondary N) is 2. The van der Waals surface area contributed by atoms with Crippen LogP contribution in [0.5, 0.6) is 0 Å². The molecule has 4 nitrogen and oxygen atoms in total. The number of rotatable bonds is 4. The van der Waals surface area contributed by atoms with Gasteiger partial charge in [0.1, 0.15) is 17.5 Å². The Balaban J connectivity index is 2.95. The molecule has 1 amide bonds. The van der Waals surface area contributed by atoms with E-state index in [1.807, 2.05) is 0 Å². The molecule has 0 aliphatic rings. The van der Waals surface area contributed by atoms with Crippen molar-refractivity contribution in [2.24, 2.45) is 11.7 Å². The van der Waals surface area contributed by atoms with Crippen LogP contribution in [0.4, 0.5) is 8.78 Å². The first kappa shape index (κ1) is 14.1. The summed E-state index contributed by atoms with van der Waals surface area (Å²) in [5.74, 6) is -2.93. The molecule has 1 aromatic carbocycles. The van der Waals surface area contributed by atoms with Gasteiger partial charge in [-0.1, -0.05) is 19.9 Å². The average Bonchev–Trinajstić information content (AvgIpc) is 2.27. The Bertz CT molecular complexity index is 486. The number of hydrogen-bond donors (Lipinski definition) is 3.